The van der Waals surface area contributed by atoms with Gasteiger partial charge in [-0.2, -0.15) is 0 Å². The van der Waals surface area contributed by atoms with Gasteiger partial charge < -0.3 is 9.47 Å². The molecule has 4 nitrogen and oxygen atoms in total. The molecule has 0 aliphatic rings. The molecule has 0 saturated carbocycles. The Balaban J connectivity index is 2.55. The van der Waals surface area contributed by atoms with E-state index in [0.29, 0.717) is 17.2 Å². The average Bonchev–Trinajstić information content (AvgIpc) is 2.36. The summed E-state index contributed by atoms with van der Waals surface area (Å²) in [7, 11) is 3.16. The van der Waals surface area contributed by atoms with Crippen molar-refractivity contribution in [3.63, 3.8) is 0 Å². The highest BCUT2D eigenvalue weighted by atomic mass is 35.5. The molecule has 18 heavy (non-hydrogen) atoms. The lowest BCUT2D eigenvalue weighted by atomic mass is 10.1. The number of rotatable bonds is 3. The van der Waals surface area contributed by atoms with Gasteiger partial charge in [0, 0.05) is 17.7 Å². The molecule has 0 atom stereocenters. The maximum Gasteiger partial charge on any atom is 0.224 e. The van der Waals surface area contributed by atoms with Crippen molar-refractivity contribution in [1.29, 1.82) is 0 Å². The molecule has 0 aliphatic carbocycles. The molecule has 1 heterocycles. The first-order valence-corrected chi connectivity index (χ1v) is 5.82. The molecule has 0 radical (unpaired) electrons. The van der Waals surface area contributed by atoms with E-state index < -0.39 is 0 Å². The molecule has 0 amide bonds. The summed E-state index contributed by atoms with van der Waals surface area (Å²) in [5, 5.41) is 0.373. The van der Waals surface area contributed by atoms with Gasteiger partial charge in [-0.15, -0.1) is 0 Å². The molecular weight excluding hydrogens is 275 g/mol. The molecule has 94 valence electrons. The Kier molecular flexibility index (Phi) is 3.89. The molecule has 0 aliphatic heterocycles. The van der Waals surface area contributed by atoms with E-state index in [9.17, 15) is 0 Å². The first-order chi connectivity index (χ1) is 8.63. The van der Waals surface area contributed by atoms with Crippen molar-refractivity contribution in [3.8, 4) is 22.8 Å². The van der Waals surface area contributed by atoms with Crippen LogP contribution in [-0.2, 0) is 0 Å². The minimum atomic E-state index is 0.0929. The molecule has 1 aromatic carbocycles. The fourth-order valence-corrected chi connectivity index (χ4v) is 1.95. The highest BCUT2D eigenvalue weighted by Crippen LogP contribution is 2.33. The third kappa shape index (κ3) is 2.66. The Labute approximate surface area is 114 Å². The molecule has 6 heteroatoms. The third-order valence-electron chi connectivity index (χ3n) is 2.35. The highest BCUT2D eigenvalue weighted by molar-refractivity contribution is 6.32. The van der Waals surface area contributed by atoms with Crippen molar-refractivity contribution in [2.45, 2.75) is 0 Å². The number of halogens is 2. The van der Waals surface area contributed by atoms with Crippen molar-refractivity contribution < 1.29 is 9.47 Å². The van der Waals surface area contributed by atoms with E-state index in [4.69, 9.17) is 32.7 Å². The van der Waals surface area contributed by atoms with Gasteiger partial charge >= 0.3 is 0 Å². The van der Waals surface area contributed by atoms with Crippen LogP contribution in [0.2, 0.25) is 10.4 Å². The fraction of sp³-hybridized carbons (Fsp3) is 0.167. The summed E-state index contributed by atoms with van der Waals surface area (Å²) in [6.45, 7) is 0. The predicted molar refractivity (Wildman–Crippen MR) is 70.6 cm³/mol. The van der Waals surface area contributed by atoms with E-state index in [1.165, 1.54) is 0 Å². The first kappa shape index (κ1) is 12.9. The number of ether oxygens (including phenoxy) is 2. The van der Waals surface area contributed by atoms with E-state index in [1.807, 2.05) is 12.1 Å². The zero-order valence-electron chi connectivity index (χ0n) is 9.78. The Morgan fingerprint density at radius 3 is 2.39 bits per heavy atom. The summed E-state index contributed by atoms with van der Waals surface area (Å²) in [4.78, 5) is 7.92. The molecule has 0 unspecified atom stereocenters. The second kappa shape index (κ2) is 5.42. The zero-order chi connectivity index (χ0) is 13.1. The molecule has 0 saturated heterocycles. The standard InChI is InChI=1S/C12H10Cl2N2O2/c1-17-7-3-4-8(10(5-7)18-2)9-6-11(13)16-12(14)15-9/h3-6H,1-2H3. The maximum absolute atomic E-state index is 5.85. The lowest BCUT2D eigenvalue weighted by Crippen LogP contribution is -1.93. The van der Waals surface area contributed by atoms with E-state index in [2.05, 4.69) is 9.97 Å². The summed E-state index contributed by atoms with van der Waals surface area (Å²) in [6, 6.07) is 7.02. The summed E-state index contributed by atoms with van der Waals surface area (Å²) >= 11 is 11.6. The average molecular weight is 285 g/mol. The fourth-order valence-electron chi connectivity index (χ4n) is 1.54. The SMILES string of the molecule is COc1ccc(-c2cc(Cl)nc(Cl)n2)c(OC)c1. The van der Waals surface area contributed by atoms with Crippen molar-refractivity contribution in [1.82, 2.24) is 9.97 Å². The molecule has 2 rings (SSSR count). The molecule has 0 bridgehead atoms. The minimum absolute atomic E-state index is 0.0929. The van der Waals surface area contributed by atoms with Crippen molar-refractivity contribution in [2.24, 2.45) is 0 Å². The summed E-state index contributed by atoms with van der Waals surface area (Å²) in [6.07, 6.45) is 0. The number of benzene rings is 1. The molecule has 0 N–H and O–H groups in total. The van der Waals surface area contributed by atoms with Crippen LogP contribution < -0.4 is 9.47 Å². The third-order valence-corrected chi connectivity index (χ3v) is 2.71. The normalized spacial score (nSPS) is 10.2. The van der Waals surface area contributed by atoms with Crippen LogP contribution >= 0.6 is 23.2 Å². The van der Waals surface area contributed by atoms with Gasteiger partial charge in [0.05, 0.1) is 19.9 Å². The van der Waals surface area contributed by atoms with Crippen LogP contribution in [0.5, 0.6) is 11.5 Å². The number of hydrogen-bond donors (Lipinski definition) is 0. The van der Waals surface area contributed by atoms with Gasteiger partial charge in [0.15, 0.2) is 0 Å². The number of methoxy groups -OCH3 is 2. The number of nitrogens with zero attached hydrogens (tertiary/aromatic N) is 2. The maximum atomic E-state index is 5.85. The molecule has 2 aromatic rings. The zero-order valence-corrected chi connectivity index (χ0v) is 11.3. The Hall–Kier alpha value is -1.52. The van der Waals surface area contributed by atoms with E-state index >= 15 is 0 Å². The summed E-state index contributed by atoms with van der Waals surface area (Å²) in [5.41, 5.74) is 1.36. The first-order valence-electron chi connectivity index (χ1n) is 5.06. The summed E-state index contributed by atoms with van der Waals surface area (Å²) < 4.78 is 10.4. The topological polar surface area (TPSA) is 44.2 Å². The van der Waals surface area contributed by atoms with Crippen LogP contribution in [0.1, 0.15) is 0 Å². The van der Waals surface area contributed by atoms with Gasteiger partial charge in [-0.1, -0.05) is 11.6 Å². The Morgan fingerprint density at radius 2 is 1.78 bits per heavy atom. The van der Waals surface area contributed by atoms with Gasteiger partial charge in [-0.3, -0.25) is 0 Å². The van der Waals surface area contributed by atoms with Gasteiger partial charge in [0.25, 0.3) is 0 Å². The second-order valence-corrected chi connectivity index (χ2v) is 4.14. The second-order valence-electron chi connectivity index (χ2n) is 3.41. The minimum Gasteiger partial charge on any atom is -0.497 e. The van der Waals surface area contributed by atoms with Gasteiger partial charge in [0.2, 0.25) is 5.28 Å². The predicted octanol–water partition coefficient (Wildman–Crippen LogP) is 3.47. The summed E-state index contributed by atoms with van der Waals surface area (Å²) in [5.74, 6) is 1.32. The van der Waals surface area contributed by atoms with E-state index in [0.717, 1.165) is 5.56 Å². The van der Waals surface area contributed by atoms with E-state index in [1.54, 1.807) is 26.4 Å². The van der Waals surface area contributed by atoms with Gasteiger partial charge in [-0.25, -0.2) is 9.97 Å². The lowest BCUT2D eigenvalue weighted by Gasteiger charge is -2.10. The van der Waals surface area contributed by atoms with Crippen molar-refractivity contribution >= 4 is 23.2 Å². The number of aromatic nitrogens is 2. The smallest absolute Gasteiger partial charge is 0.224 e. The molecule has 1 aromatic heterocycles. The van der Waals surface area contributed by atoms with Crippen LogP contribution in [0.15, 0.2) is 24.3 Å². The largest absolute Gasteiger partial charge is 0.497 e. The van der Waals surface area contributed by atoms with E-state index in [-0.39, 0.29) is 10.4 Å². The van der Waals surface area contributed by atoms with Gasteiger partial charge in [0.1, 0.15) is 16.7 Å². The van der Waals surface area contributed by atoms with Crippen LogP contribution in [0.4, 0.5) is 0 Å². The van der Waals surface area contributed by atoms with Crippen molar-refractivity contribution in [3.05, 3.63) is 34.7 Å². The Morgan fingerprint density at radius 1 is 1.00 bits per heavy atom. The van der Waals surface area contributed by atoms with Gasteiger partial charge in [-0.05, 0) is 23.7 Å². The Bertz CT molecular complexity index is 556. The van der Waals surface area contributed by atoms with Crippen LogP contribution in [0.3, 0.4) is 0 Å². The molecule has 0 fully saturated rings. The van der Waals surface area contributed by atoms with Crippen LogP contribution in [0, 0.1) is 0 Å². The monoisotopic (exact) mass is 284 g/mol. The quantitative estimate of drug-likeness (QED) is 0.640. The van der Waals surface area contributed by atoms with Crippen LogP contribution in [0.25, 0.3) is 11.3 Å². The van der Waals surface area contributed by atoms with Crippen molar-refractivity contribution in [2.75, 3.05) is 14.2 Å². The molecular formula is C12H10Cl2N2O2. The van der Waals surface area contributed by atoms with Crippen LogP contribution in [-0.4, -0.2) is 24.2 Å². The highest BCUT2D eigenvalue weighted by Gasteiger charge is 2.11. The number of hydrogen-bond acceptors (Lipinski definition) is 4. The lowest BCUT2D eigenvalue weighted by molar-refractivity contribution is 0.395. The molecule has 0 spiro atoms.